The van der Waals surface area contributed by atoms with Crippen LogP contribution in [0.1, 0.15) is 0 Å². The second-order valence-corrected chi connectivity index (χ2v) is 8.21. The van der Waals surface area contributed by atoms with Gasteiger partial charge in [0.05, 0.1) is 12.7 Å². The summed E-state index contributed by atoms with van der Waals surface area (Å²) in [6.07, 6.45) is 0.0404. The van der Waals surface area contributed by atoms with E-state index in [1.807, 2.05) is 0 Å². The average Bonchev–Trinajstić information content (AvgIpc) is 2.94. The first-order chi connectivity index (χ1) is 7.41. The van der Waals surface area contributed by atoms with Gasteiger partial charge in [-0.15, -0.1) is 11.3 Å². The Morgan fingerprint density at radius 1 is 1.75 bits per heavy atom. The number of halogens is 2. The van der Waals surface area contributed by atoms with E-state index in [2.05, 4.69) is 15.9 Å². The van der Waals surface area contributed by atoms with Crippen LogP contribution in [0, 0.1) is 0 Å². The average molecular weight is 347 g/mol. The van der Waals surface area contributed by atoms with Gasteiger partial charge in [0.1, 0.15) is 8.55 Å². The summed E-state index contributed by atoms with van der Waals surface area (Å²) in [6.45, 7) is 1.02. The Hall–Kier alpha value is 0.340. The van der Waals surface area contributed by atoms with Crippen LogP contribution in [-0.2, 0) is 14.8 Å². The summed E-state index contributed by atoms with van der Waals surface area (Å²) >= 11 is 10.1. The van der Waals surface area contributed by atoms with E-state index in [9.17, 15) is 8.42 Å². The van der Waals surface area contributed by atoms with Crippen molar-refractivity contribution in [1.82, 2.24) is 4.31 Å². The van der Waals surface area contributed by atoms with Gasteiger partial charge >= 0.3 is 0 Å². The first-order valence-electron chi connectivity index (χ1n) is 4.44. The van der Waals surface area contributed by atoms with Gasteiger partial charge in [0, 0.05) is 18.1 Å². The van der Waals surface area contributed by atoms with Gasteiger partial charge in [0.15, 0.2) is 0 Å². The van der Waals surface area contributed by atoms with Crippen molar-refractivity contribution in [3.63, 3.8) is 0 Å². The Morgan fingerprint density at radius 2 is 2.38 bits per heavy atom. The van der Waals surface area contributed by atoms with Crippen LogP contribution in [0.2, 0.25) is 4.34 Å². The molecule has 0 radical (unpaired) electrons. The van der Waals surface area contributed by atoms with Gasteiger partial charge in [-0.1, -0.05) is 11.6 Å². The third-order valence-corrected chi connectivity index (χ3v) is 6.90. The lowest BCUT2D eigenvalue weighted by atomic mass is 10.5. The lowest BCUT2D eigenvalue weighted by molar-refractivity contribution is 0.360. The van der Waals surface area contributed by atoms with Gasteiger partial charge in [-0.2, -0.15) is 4.31 Å². The molecular formula is C8H9BrClNO3S2. The summed E-state index contributed by atoms with van der Waals surface area (Å²) in [5, 5.41) is 0. The fourth-order valence-corrected chi connectivity index (χ4v) is 4.88. The summed E-state index contributed by atoms with van der Waals surface area (Å²) in [5.74, 6) is 0. The lowest BCUT2D eigenvalue weighted by Crippen LogP contribution is -2.29. The van der Waals surface area contributed by atoms with Crippen LogP contribution in [0.3, 0.4) is 0 Å². The third-order valence-electron chi connectivity index (χ3n) is 2.15. The van der Waals surface area contributed by atoms with Crippen molar-refractivity contribution in [3.05, 3.63) is 14.9 Å². The monoisotopic (exact) mass is 345 g/mol. The second-order valence-electron chi connectivity index (χ2n) is 3.43. The predicted octanol–water partition coefficient (Wildman–Crippen LogP) is 2.18. The molecule has 0 aliphatic carbocycles. The third kappa shape index (κ3) is 2.60. The van der Waals surface area contributed by atoms with Gasteiger partial charge in [-0.05, 0) is 22.0 Å². The number of likely N-dealkylation sites (N-methyl/N-ethyl adjacent to an activating group) is 1. The molecule has 1 aliphatic rings. The Kier molecular flexibility index (Phi) is 3.63. The molecule has 1 aliphatic heterocycles. The zero-order valence-corrected chi connectivity index (χ0v) is 12.3. The van der Waals surface area contributed by atoms with E-state index in [0.717, 1.165) is 11.3 Å². The minimum absolute atomic E-state index is 0.0404. The standard InChI is InChI=1S/C8H9BrClNO3S2/c1-11(3-5-4-14-5)16(12,13)7-2-6(9)8(10)15-7/h2,5H,3-4H2,1H3/t5-/m0/s1. The Morgan fingerprint density at radius 3 is 2.81 bits per heavy atom. The Balaban J connectivity index is 2.22. The SMILES string of the molecule is CN(C[C@H]1CO1)S(=O)(=O)c1cc(Br)c(Cl)s1. The first-order valence-corrected chi connectivity index (χ1v) is 7.87. The maximum Gasteiger partial charge on any atom is 0.252 e. The summed E-state index contributed by atoms with van der Waals surface area (Å²) in [6, 6.07) is 1.52. The molecule has 16 heavy (non-hydrogen) atoms. The van der Waals surface area contributed by atoms with E-state index in [1.54, 1.807) is 7.05 Å². The number of rotatable bonds is 4. The van der Waals surface area contributed by atoms with E-state index < -0.39 is 10.0 Å². The molecule has 0 unspecified atom stereocenters. The van der Waals surface area contributed by atoms with Gasteiger partial charge in [-0.25, -0.2) is 8.42 Å². The van der Waals surface area contributed by atoms with Crippen molar-refractivity contribution in [2.24, 2.45) is 0 Å². The Bertz CT molecular complexity index is 478. The number of nitrogens with zero attached hydrogens (tertiary/aromatic N) is 1. The molecule has 90 valence electrons. The number of thiophene rings is 1. The van der Waals surface area contributed by atoms with Gasteiger partial charge in [-0.3, -0.25) is 0 Å². The molecule has 1 saturated heterocycles. The quantitative estimate of drug-likeness (QED) is 0.785. The van der Waals surface area contributed by atoms with Crippen molar-refractivity contribution in [2.45, 2.75) is 10.3 Å². The molecule has 0 aromatic carbocycles. The molecule has 2 rings (SSSR count). The smallest absolute Gasteiger partial charge is 0.252 e. The largest absolute Gasteiger partial charge is 0.372 e. The van der Waals surface area contributed by atoms with Crippen molar-refractivity contribution in [2.75, 3.05) is 20.2 Å². The molecule has 4 nitrogen and oxygen atoms in total. The summed E-state index contributed by atoms with van der Waals surface area (Å²) in [4.78, 5) is 0. The van der Waals surface area contributed by atoms with Crippen LogP contribution in [0.15, 0.2) is 14.7 Å². The van der Waals surface area contributed by atoms with Crippen LogP contribution in [0.5, 0.6) is 0 Å². The topological polar surface area (TPSA) is 49.9 Å². The summed E-state index contributed by atoms with van der Waals surface area (Å²) < 4.78 is 31.7. The summed E-state index contributed by atoms with van der Waals surface area (Å²) in [7, 11) is -1.90. The van der Waals surface area contributed by atoms with Crippen LogP contribution in [0.25, 0.3) is 0 Å². The number of hydrogen-bond donors (Lipinski definition) is 0. The number of hydrogen-bond acceptors (Lipinski definition) is 4. The highest BCUT2D eigenvalue weighted by Gasteiger charge is 2.31. The minimum atomic E-state index is -3.44. The minimum Gasteiger partial charge on any atom is -0.372 e. The molecule has 0 spiro atoms. The molecule has 0 amide bonds. The van der Waals surface area contributed by atoms with Crippen molar-refractivity contribution >= 4 is 48.9 Å². The van der Waals surface area contributed by atoms with Crippen LogP contribution < -0.4 is 0 Å². The number of ether oxygens (including phenoxy) is 1. The van der Waals surface area contributed by atoms with E-state index in [-0.39, 0.29) is 10.3 Å². The van der Waals surface area contributed by atoms with Crippen molar-refractivity contribution in [1.29, 1.82) is 0 Å². The number of sulfonamides is 1. The highest BCUT2D eigenvalue weighted by Crippen LogP contribution is 2.35. The van der Waals surface area contributed by atoms with E-state index in [1.165, 1.54) is 10.4 Å². The zero-order valence-electron chi connectivity index (χ0n) is 8.31. The maximum absolute atomic E-state index is 12.1. The molecular weight excluding hydrogens is 338 g/mol. The molecule has 0 N–H and O–H groups in total. The molecule has 1 aromatic heterocycles. The highest BCUT2D eigenvalue weighted by atomic mass is 79.9. The summed E-state index contributed by atoms with van der Waals surface area (Å²) in [5.41, 5.74) is 0. The second kappa shape index (κ2) is 4.55. The molecule has 1 atom stereocenters. The van der Waals surface area contributed by atoms with E-state index >= 15 is 0 Å². The molecule has 2 heterocycles. The van der Waals surface area contributed by atoms with Crippen molar-refractivity contribution < 1.29 is 13.2 Å². The van der Waals surface area contributed by atoms with E-state index in [0.29, 0.717) is 22.0 Å². The van der Waals surface area contributed by atoms with E-state index in [4.69, 9.17) is 16.3 Å². The predicted molar refractivity (Wildman–Crippen MR) is 66.6 cm³/mol. The van der Waals surface area contributed by atoms with Gasteiger partial charge < -0.3 is 4.74 Å². The molecule has 0 saturated carbocycles. The lowest BCUT2D eigenvalue weighted by Gasteiger charge is -2.14. The zero-order chi connectivity index (χ0) is 11.9. The van der Waals surface area contributed by atoms with Crippen LogP contribution in [0.4, 0.5) is 0 Å². The molecule has 1 fully saturated rings. The molecule has 1 aromatic rings. The fourth-order valence-electron chi connectivity index (χ4n) is 1.17. The molecule has 0 bridgehead atoms. The highest BCUT2D eigenvalue weighted by molar-refractivity contribution is 9.10. The van der Waals surface area contributed by atoms with Crippen molar-refractivity contribution in [3.8, 4) is 0 Å². The maximum atomic E-state index is 12.1. The molecule has 8 heteroatoms. The fraction of sp³-hybridized carbons (Fsp3) is 0.500. The normalized spacial score (nSPS) is 20.4. The van der Waals surface area contributed by atoms with Crippen LogP contribution >= 0.6 is 38.9 Å². The van der Waals surface area contributed by atoms with Crippen LogP contribution in [-0.4, -0.2) is 39.0 Å². The Labute approximate surface area is 111 Å². The first kappa shape index (κ1) is 12.8. The van der Waals surface area contributed by atoms with Gasteiger partial charge in [0.25, 0.3) is 10.0 Å². The van der Waals surface area contributed by atoms with Gasteiger partial charge in [0.2, 0.25) is 0 Å². The number of epoxide rings is 1.